The number of carbonyl (C=O) groups is 1. The first-order chi connectivity index (χ1) is 14.9. The highest BCUT2D eigenvalue weighted by molar-refractivity contribution is 6.05. The van der Waals surface area contributed by atoms with E-state index in [1.54, 1.807) is 13.2 Å². The summed E-state index contributed by atoms with van der Waals surface area (Å²) >= 11 is 0. The van der Waals surface area contributed by atoms with E-state index in [1.807, 2.05) is 38.1 Å². The van der Waals surface area contributed by atoms with Gasteiger partial charge < -0.3 is 10.1 Å². The highest BCUT2D eigenvalue weighted by atomic mass is 16.5. The Labute approximate surface area is 179 Å². The van der Waals surface area contributed by atoms with Gasteiger partial charge in [0, 0.05) is 24.7 Å². The van der Waals surface area contributed by atoms with Crippen molar-refractivity contribution in [1.82, 2.24) is 19.9 Å². The van der Waals surface area contributed by atoms with Crippen molar-refractivity contribution in [2.75, 3.05) is 7.11 Å². The molecule has 1 aliphatic rings. The number of carbonyl (C=O) groups excluding carboxylic acids is 1. The van der Waals surface area contributed by atoms with Crippen LogP contribution in [0.1, 0.15) is 54.2 Å². The molecule has 0 aliphatic heterocycles. The van der Waals surface area contributed by atoms with Crippen LogP contribution in [0.25, 0.3) is 11.0 Å². The maximum atomic E-state index is 13.1. The van der Waals surface area contributed by atoms with E-state index in [0.29, 0.717) is 12.3 Å². The monoisotopic (exact) mass is 422 g/mol. The Morgan fingerprint density at radius 3 is 2.74 bits per heavy atom. The van der Waals surface area contributed by atoms with E-state index < -0.39 is 11.2 Å². The molecule has 1 fully saturated rings. The van der Waals surface area contributed by atoms with E-state index in [1.165, 1.54) is 4.57 Å². The fourth-order valence-corrected chi connectivity index (χ4v) is 3.66. The van der Waals surface area contributed by atoms with Crippen molar-refractivity contribution in [1.29, 1.82) is 0 Å². The second-order valence-corrected chi connectivity index (χ2v) is 8.37. The largest absolute Gasteiger partial charge is 0.497 e. The van der Waals surface area contributed by atoms with Gasteiger partial charge in [-0.2, -0.15) is 0 Å². The van der Waals surface area contributed by atoms with Crippen molar-refractivity contribution >= 4 is 16.9 Å². The number of ether oxygens (including phenoxy) is 1. The Hall–Kier alpha value is -3.42. The highest BCUT2D eigenvalue weighted by Gasteiger charge is 2.28. The summed E-state index contributed by atoms with van der Waals surface area (Å²) < 4.78 is 6.69. The van der Waals surface area contributed by atoms with Crippen LogP contribution in [-0.2, 0) is 13.1 Å². The second kappa shape index (κ2) is 8.37. The number of fused-ring (bicyclic) bond motifs is 1. The molecule has 0 atom stereocenters. The molecule has 1 amide bonds. The van der Waals surface area contributed by atoms with E-state index in [9.17, 15) is 14.4 Å². The maximum Gasteiger partial charge on any atom is 0.330 e. The van der Waals surface area contributed by atoms with Gasteiger partial charge in [0.15, 0.2) is 5.65 Å². The minimum absolute atomic E-state index is 0.146. The number of nitrogens with zero attached hydrogens (tertiary/aromatic N) is 2. The summed E-state index contributed by atoms with van der Waals surface area (Å²) in [4.78, 5) is 45.3. The average molecular weight is 422 g/mol. The lowest BCUT2D eigenvalue weighted by Gasteiger charge is -2.15. The SMILES string of the molecule is COc1cccc(CNC(=O)c2cc(C3CC3)nc3c2c(=O)[nH]c(=O)n3CC(C)C)c1. The molecule has 0 unspecified atom stereocenters. The topological polar surface area (TPSA) is 106 Å². The number of methoxy groups -OCH3 is 1. The fraction of sp³-hybridized carbons (Fsp3) is 0.391. The molecule has 2 heterocycles. The minimum Gasteiger partial charge on any atom is -0.497 e. The Bertz CT molecular complexity index is 1250. The lowest BCUT2D eigenvalue weighted by atomic mass is 10.1. The molecule has 2 aromatic heterocycles. The molecule has 3 aromatic rings. The van der Waals surface area contributed by atoms with Gasteiger partial charge in [-0.25, -0.2) is 9.78 Å². The number of hydrogen-bond donors (Lipinski definition) is 2. The van der Waals surface area contributed by atoms with E-state index in [4.69, 9.17) is 4.74 Å². The summed E-state index contributed by atoms with van der Waals surface area (Å²) in [6, 6.07) is 9.10. The Morgan fingerprint density at radius 1 is 1.29 bits per heavy atom. The molecule has 0 radical (unpaired) electrons. The van der Waals surface area contributed by atoms with Gasteiger partial charge in [-0.1, -0.05) is 26.0 Å². The van der Waals surface area contributed by atoms with Crippen LogP contribution < -0.4 is 21.3 Å². The molecular formula is C23H26N4O4. The number of aromatic amines is 1. The number of hydrogen-bond acceptors (Lipinski definition) is 5. The average Bonchev–Trinajstić information content (AvgIpc) is 3.59. The summed E-state index contributed by atoms with van der Waals surface area (Å²) in [6.45, 7) is 4.64. The normalized spacial score (nSPS) is 13.5. The van der Waals surface area contributed by atoms with Gasteiger partial charge in [-0.15, -0.1) is 0 Å². The van der Waals surface area contributed by atoms with Crippen molar-refractivity contribution in [2.24, 2.45) is 5.92 Å². The lowest BCUT2D eigenvalue weighted by Crippen LogP contribution is -2.34. The van der Waals surface area contributed by atoms with Crippen LogP contribution in [0.2, 0.25) is 0 Å². The minimum atomic E-state index is -0.596. The molecule has 8 heteroatoms. The maximum absolute atomic E-state index is 13.1. The van der Waals surface area contributed by atoms with Crippen LogP contribution in [0.4, 0.5) is 0 Å². The fourth-order valence-electron chi connectivity index (χ4n) is 3.66. The summed E-state index contributed by atoms with van der Waals surface area (Å²) in [6.07, 6.45) is 1.97. The Balaban J connectivity index is 1.77. The molecule has 162 valence electrons. The van der Waals surface area contributed by atoms with Crippen molar-refractivity contribution in [3.63, 3.8) is 0 Å². The van der Waals surface area contributed by atoms with Crippen LogP contribution in [0.15, 0.2) is 39.9 Å². The van der Waals surface area contributed by atoms with E-state index in [2.05, 4.69) is 15.3 Å². The van der Waals surface area contributed by atoms with E-state index in [-0.39, 0.29) is 40.9 Å². The second-order valence-electron chi connectivity index (χ2n) is 8.37. The Morgan fingerprint density at radius 2 is 2.06 bits per heavy atom. The predicted octanol–water partition coefficient (Wildman–Crippen LogP) is 2.56. The van der Waals surface area contributed by atoms with Crippen molar-refractivity contribution in [3.8, 4) is 5.75 Å². The standard InChI is InChI=1S/C23H26N4O4/c1-13(2)12-27-20-19(22(29)26-23(27)30)17(10-18(25-20)15-7-8-15)21(28)24-11-14-5-4-6-16(9-14)31-3/h4-6,9-10,13,15H,7-8,11-12H2,1-3H3,(H,24,28)(H,26,29,30). The summed E-state index contributed by atoms with van der Waals surface area (Å²) in [5.41, 5.74) is 1.04. The molecule has 31 heavy (non-hydrogen) atoms. The molecule has 4 rings (SSSR count). The van der Waals surface area contributed by atoms with Crippen molar-refractivity contribution < 1.29 is 9.53 Å². The number of aromatic nitrogens is 3. The lowest BCUT2D eigenvalue weighted by molar-refractivity contribution is 0.0952. The third kappa shape index (κ3) is 4.38. The molecule has 8 nitrogen and oxygen atoms in total. The van der Waals surface area contributed by atoms with Gasteiger partial charge in [-0.3, -0.25) is 19.1 Å². The van der Waals surface area contributed by atoms with Gasteiger partial charge in [-0.05, 0) is 42.5 Å². The van der Waals surface area contributed by atoms with Gasteiger partial charge in [0.05, 0.1) is 18.1 Å². The first-order valence-electron chi connectivity index (χ1n) is 10.5. The van der Waals surface area contributed by atoms with Crippen molar-refractivity contribution in [2.45, 2.75) is 45.7 Å². The zero-order chi connectivity index (χ0) is 22.1. The summed E-state index contributed by atoms with van der Waals surface area (Å²) in [5.74, 6) is 0.753. The van der Waals surface area contributed by atoms with Gasteiger partial charge in [0.25, 0.3) is 11.5 Å². The van der Waals surface area contributed by atoms with Gasteiger partial charge >= 0.3 is 5.69 Å². The molecule has 0 bridgehead atoms. The number of pyridine rings is 1. The van der Waals surface area contributed by atoms with Crippen LogP contribution in [0.3, 0.4) is 0 Å². The van der Waals surface area contributed by atoms with Crippen LogP contribution in [0, 0.1) is 5.92 Å². The summed E-state index contributed by atoms with van der Waals surface area (Å²) in [5, 5.41) is 3.03. The predicted molar refractivity (Wildman–Crippen MR) is 118 cm³/mol. The molecule has 0 saturated heterocycles. The van der Waals surface area contributed by atoms with Crippen molar-refractivity contribution in [3.05, 3.63) is 68.0 Å². The molecule has 2 N–H and O–H groups in total. The molecule has 1 saturated carbocycles. The van der Waals surface area contributed by atoms with Crippen LogP contribution >= 0.6 is 0 Å². The smallest absolute Gasteiger partial charge is 0.330 e. The Kier molecular flexibility index (Phi) is 5.63. The zero-order valence-electron chi connectivity index (χ0n) is 17.9. The number of rotatable bonds is 7. The number of nitrogens with one attached hydrogen (secondary N) is 2. The third-order valence-electron chi connectivity index (χ3n) is 5.34. The zero-order valence-corrected chi connectivity index (χ0v) is 17.9. The van der Waals surface area contributed by atoms with Crippen LogP contribution in [0.5, 0.6) is 5.75 Å². The molecule has 1 aliphatic carbocycles. The number of amides is 1. The summed E-state index contributed by atoms with van der Waals surface area (Å²) in [7, 11) is 1.59. The van der Waals surface area contributed by atoms with Gasteiger partial charge in [0.1, 0.15) is 5.75 Å². The van der Waals surface area contributed by atoms with Gasteiger partial charge in [0.2, 0.25) is 0 Å². The molecule has 0 spiro atoms. The first kappa shape index (κ1) is 20.8. The van der Waals surface area contributed by atoms with E-state index >= 15 is 0 Å². The number of benzene rings is 1. The third-order valence-corrected chi connectivity index (χ3v) is 5.34. The quantitative estimate of drug-likeness (QED) is 0.609. The van der Waals surface area contributed by atoms with E-state index in [0.717, 1.165) is 24.1 Å². The first-order valence-corrected chi connectivity index (χ1v) is 10.5. The molecular weight excluding hydrogens is 396 g/mol. The highest BCUT2D eigenvalue weighted by Crippen LogP contribution is 2.39. The number of H-pyrrole nitrogens is 1. The van der Waals surface area contributed by atoms with Crippen LogP contribution in [-0.4, -0.2) is 27.6 Å². The molecule has 1 aromatic carbocycles.